The zero-order chi connectivity index (χ0) is 12.5. The van der Waals surface area contributed by atoms with Crippen LogP contribution in [0, 0.1) is 0 Å². The van der Waals surface area contributed by atoms with Gasteiger partial charge in [-0.05, 0) is 0 Å². The Morgan fingerprint density at radius 1 is 1.22 bits per heavy atom. The first-order chi connectivity index (χ1) is 8.31. The topological polar surface area (TPSA) is 12.0 Å². The van der Waals surface area contributed by atoms with E-state index in [1.807, 2.05) is 0 Å². The first-order valence-electron chi connectivity index (χ1n) is 6.48. The molecule has 0 radical (unpaired) electrons. The summed E-state index contributed by atoms with van der Waals surface area (Å²) in [5.74, 6) is 2.04. The summed E-state index contributed by atoms with van der Waals surface area (Å²) in [6.07, 6.45) is 0. The van der Waals surface area contributed by atoms with Crippen molar-refractivity contribution in [1.29, 1.82) is 0 Å². The minimum absolute atomic E-state index is 0. The maximum Gasteiger partial charge on any atom is -1.00 e. The Bertz CT molecular complexity index is 297. The van der Waals surface area contributed by atoms with Crippen LogP contribution in [0.15, 0.2) is 30.3 Å². The molecule has 102 valence electrons. The van der Waals surface area contributed by atoms with E-state index in [2.05, 4.69) is 65.5 Å². The molecule has 1 nitrogen and oxygen atoms in total. The van der Waals surface area contributed by atoms with Crippen LogP contribution in [0.2, 0.25) is 8.87 Å². The monoisotopic (exact) mass is 393 g/mol. The number of hydrogen-bond acceptors (Lipinski definition) is 2. The molecule has 0 aliphatic carbocycles. The molecule has 0 bridgehead atoms. The summed E-state index contributed by atoms with van der Waals surface area (Å²) in [7, 11) is 4.36. The minimum Gasteiger partial charge on any atom is -1.00 e. The molecule has 1 aromatic rings. The molecule has 0 aliphatic heterocycles. The zero-order valence-corrected chi connectivity index (χ0v) is 16.0. The van der Waals surface area contributed by atoms with Gasteiger partial charge in [0, 0.05) is 0 Å². The molecule has 4 heteroatoms. The van der Waals surface area contributed by atoms with Crippen molar-refractivity contribution in [1.82, 2.24) is 5.32 Å². The van der Waals surface area contributed by atoms with Crippen molar-refractivity contribution in [2.45, 2.75) is 28.6 Å². The van der Waals surface area contributed by atoms with Gasteiger partial charge in [-0.1, -0.05) is 0 Å². The van der Waals surface area contributed by atoms with Crippen LogP contribution in [-0.2, 0) is 0 Å². The van der Waals surface area contributed by atoms with Gasteiger partial charge in [-0.15, -0.1) is 0 Å². The van der Waals surface area contributed by atoms with Crippen molar-refractivity contribution in [3.05, 3.63) is 35.9 Å². The summed E-state index contributed by atoms with van der Waals surface area (Å²) >= 11 is -1.17. The van der Waals surface area contributed by atoms with E-state index < -0.39 is 18.4 Å². The van der Waals surface area contributed by atoms with Gasteiger partial charge in [0.1, 0.15) is 0 Å². The number of rotatable bonds is 8. The smallest absolute Gasteiger partial charge is 1.00 e. The number of hydrogen-bond donors (Lipinski definition) is 1. The maximum absolute atomic E-state index is 3.36. The quantitative estimate of drug-likeness (QED) is 0.656. The van der Waals surface area contributed by atoms with Gasteiger partial charge in [-0.25, -0.2) is 0 Å². The molecule has 0 amide bonds. The molecule has 18 heavy (non-hydrogen) atoms. The van der Waals surface area contributed by atoms with E-state index >= 15 is 0 Å². The van der Waals surface area contributed by atoms with Crippen molar-refractivity contribution in [2.24, 2.45) is 0 Å². The van der Waals surface area contributed by atoms with Gasteiger partial charge < -0.3 is 12.4 Å². The summed E-state index contributed by atoms with van der Waals surface area (Å²) in [4.78, 5) is 0. The largest absolute Gasteiger partial charge is 1.00 e. The molecule has 1 aromatic carbocycles. The van der Waals surface area contributed by atoms with E-state index in [0.29, 0.717) is 0 Å². The fraction of sp³-hybridized carbons (Fsp3) is 0.571. The second-order valence-corrected chi connectivity index (χ2v) is 17.7. The molecule has 0 saturated carbocycles. The van der Waals surface area contributed by atoms with Crippen molar-refractivity contribution in [3.8, 4) is 0 Å². The third-order valence-electron chi connectivity index (χ3n) is 2.94. The van der Waals surface area contributed by atoms with Gasteiger partial charge in [-0.3, -0.25) is 0 Å². The van der Waals surface area contributed by atoms with Crippen LogP contribution < -0.4 is 17.7 Å². The molecule has 0 spiro atoms. The van der Waals surface area contributed by atoms with Crippen LogP contribution in [0.4, 0.5) is 0 Å². The van der Waals surface area contributed by atoms with Crippen LogP contribution in [0.5, 0.6) is 0 Å². The van der Waals surface area contributed by atoms with Crippen LogP contribution in [0.1, 0.15) is 25.3 Å². The minimum atomic E-state index is -1.17. The van der Waals surface area contributed by atoms with E-state index in [-0.39, 0.29) is 12.4 Å². The van der Waals surface area contributed by atoms with Crippen molar-refractivity contribution in [2.75, 3.05) is 19.3 Å². The number of benzene rings is 1. The second kappa shape index (κ2) is 11.4. The van der Waals surface area contributed by atoms with Crippen molar-refractivity contribution >= 4 is 27.3 Å². The van der Waals surface area contributed by atoms with E-state index in [4.69, 9.17) is 0 Å². The molecule has 1 N–H and O–H groups in total. The van der Waals surface area contributed by atoms with E-state index in [1.165, 1.54) is 20.2 Å². The summed E-state index contributed by atoms with van der Waals surface area (Å²) in [5, 5.41) is 3.36. The van der Waals surface area contributed by atoms with Gasteiger partial charge in [0.25, 0.3) is 0 Å². The Morgan fingerprint density at radius 3 is 2.39 bits per heavy atom. The zero-order valence-electron chi connectivity index (χ0n) is 11.6. The Balaban J connectivity index is 0.00000289. The summed E-state index contributed by atoms with van der Waals surface area (Å²) in [6.45, 7) is 5.81. The Kier molecular flexibility index (Phi) is 11.8. The second-order valence-electron chi connectivity index (χ2n) is 4.19. The summed E-state index contributed by atoms with van der Waals surface area (Å²) in [5.41, 5.74) is 1.52. The molecular formula is C14H24ClNSSn. The molecule has 0 fully saturated rings. The molecule has 0 aliphatic rings. The molecule has 1 atom stereocenters. The van der Waals surface area contributed by atoms with Crippen LogP contribution in [0.3, 0.4) is 0 Å². The van der Waals surface area contributed by atoms with Gasteiger partial charge in [-0.2, -0.15) is 0 Å². The summed E-state index contributed by atoms with van der Waals surface area (Å²) in [6, 6.07) is 11.0. The standard InChI is InChI=1S/C10H14N.C2H6S.C2H5.ClH.Sn/c1-9(8-11-2)10-6-4-3-5-7-10;1-2-3;1-2;;/h3-7,9,11H,1,8H2,2H3;3H,2H2,1H3;1H2,2H3;1H;/q;;;;+2/p-2. The molecule has 0 aromatic heterocycles. The predicted octanol–water partition coefficient (Wildman–Crippen LogP) is 0.758. The SMILES string of the molecule is CC[S][Sn+]([CH2]C)[CH2]C(CNC)c1ccccc1.[Cl-]. The normalized spacial score (nSPS) is 11.7. The van der Waals surface area contributed by atoms with E-state index in [9.17, 15) is 0 Å². The van der Waals surface area contributed by atoms with Crippen LogP contribution in [0.25, 0.3) is 0 Å². The van der Waals surface area contributed by atoms with E-state index in [1.54, 1.807) is 0 Å². The Hall–Kier alpha value is 0.619. The average molecular weight is 393 g/mol. The molecule has 1 unspecified atom stereocenters. The first-order valence-corrected chi connectivity index (χ1v) is 15.0. The maximum atomic E-state index is 3.36. The van der Waals surface area contributed by atoms with Crippen molar-refractivity contribution < 1.29 is 12.4 Å². The van der Waals surface area contributed by atoms with Gasteiger partial charge in [0.2, 0.25) is 0 Å². The third-order valence-corrected chi connectivity index (χ3v) is 17.6. The first kappa shape index (κ1) is 18.6. The fourth-order valence-corrected chi connectivity index (χ4v) is 13.9. The van der Waals surface area contributed by atoms with Gasteiger partial charge >= 0.3 is 117 Å². The summed E-state index contributed by atoms with van der Waals surface area (Å²) < 4.78 is 2.94. The Labute approximate surface area is 128 Å². The van der Waals surface area contributed by atoms with Gasteiger partial charge in [0.15, 0.2) is 0 Å². The number of likely N-dealkylation sites (N-methyl/N-ethyl adjacent to an activating group) is 1. The van der Waals surface area contributed by atoms with Crippen molar-refractivity contribution in [3.63, 3.8) is 0 Å². The predicted molar refractivity (Wildman–Crippen MR) is 82.3 cm³/mol. The van der Waals surface area contributed by atoms with Crippen LogP contribution >= 0.6 is 8.95 Å². The van der Waals surface area contributed by atoms with Crippen LogP contribution in [-0.4, -0.2) is 37.7 Å². The fourth-order valence-electron chi connectivity index (χ4n) is 2.06. The molecule has 1 rings (SSSR count). The third kappa shape index (κ3) is 6.69. The average Bonchev–Trinajstić information content (AvgIpc) is 2.38. The van der Waals surface area contributed by atoms with Gasteiger partial charge in [0.05, 0.1) is 0 Å². The Morgan fingerprint density at radius 2 is 1.89 bits per heavy atom. The molecule has 0 saturated heterocycles. The molecule has 0 heterocycles. The molecular weight excluding hydrogens is 368 g/mol. The number of halogens is 1. The number of nitrogens with one attached hydrogen (secondary N) is 1. The van der Waals surface area contributed by atoms with E-state index in [0.717, 1.165) is 12.5 Å².